The molecule has 2 aromatic carbocycles. The van der Waals surface area contributed by atoms with Crippen molar-refractivity contribution in [1.82, 2.24) is 10.6 Å². The van der Waals surface area contributed by atoms with Crippen molar-refractivity contribution in [1.29, 1.82) is 0 Å². The third kappa shape index (κ3) is 4.02. The Kier molecular flexibility index (Phi) is 5.26. The quantitative estimate of drug-likeness (QED) is 0.889. The first-order valence-electron chi connectivity index (χ1n) is 8.42. The van der Waals surface area contributed by atoms with Gasteiger partial charge in [-0.1, -0.05) is 42.5 Å². The molecule has 1 aliphatic rings. The number of rotatable bonds is 5. The van der Waals surface area contributed by atoms with Gasteiger partial charge in [0.15, 0.2) is 0 Å². The molecule has 2 aromatic rings. The van der Waals surface area contributed by atoms with Gasteiger partial charge in [-0.25, -0.2) is 0 Å². The van der Waals surface area contributed by atoms with Crippen LogP contribution in [0.3, 0.4) is 0 Å². The maximum Gasteiger partial charge on any atom is 0.251 e. The molecule has 4 nitrogen and oxygen atoms in total. The normalized spacial score (nSPS) is 16.1. The van der Waals surface area contributed by atoms with Gasteiger partial charge in [-0.15, -0.1) is 0 Å². The van der Waals surface area contributed by atoms with Crippen LogP contribution in [0, 0.1) is 0 Å². The second kappa shape index (κ2) is 7.77. The molecule has 4 heteroatoms. The maximum atomic E-state index is 12.0. The third-order valence-electron chi connectivity index (χ3n) is 4.48. The van der Waals surface area contributed by atoms with Crippen LogP contribution in [-0.4, -0.2) is 24.9 Å². The smallest absolute Gasteiger partial charge is 0.251 e. The van der Waals surface area contributed by atoms with Gasteiger partial charge in [0.05, 0.1) is 6.54 Å². The molecule has 1 aliphatic carbocycles. The number of nitrogens with one attached hydrogen (secondary N) is 2. The molecule has 0 aliphatic heterocycles. The molecule has 0 heterocycles. The lowest BCUT2D eigenvalue weighted by Crippen LogP contribution is -2.38. The van der Waals surface area contributed by atoms with E-state index >= 15 is 0 Å². The summed E-state index contributed by atoms with van der Waals surface area (Å²) in [6, 6.07) is 17.4. The fraction of sp³-hybridized carbons (Fsp3) is 0.300. The Labute approximate surface area is 142 Å². The molecular weight excluding hydrogens is 300 g/mol. The Morgan fingerprint density at radius 2 is 1.71 bits per heavy atom. The molecule has 0 aromatic heterocycles. The van der Waals surface area contributed by atoms with Gasteiger partial charge in [0.2, 0.25) is 5.91 Å². The second-order valence-electron chi connectivity index (χ2n) is 6.14. The highest BCUT2D eigenvalue weighted by Gasteiger charge is 2.20. The minimum Gasteiger partial charge on any atom is -0.354 e. The van der Waals surface area contributed by atoms with Crippen molar-refractivity contribution in [3.8, 4) is 0 Å². The molecule has 2 amide bonds. The van der Waals surface area contributed by atoms with Crippen molar-refractivity contribution >= 4 is 11.8 Å². The molecule has 0 spiro atoms. The standard InChI is InChI=1S/C20H22N2O2/c23-19(14-22-20(24)16-8-2-1-3-9-16)21-13-17-11-6-10-15-7-4-5-12-18(15)17/h1-5,7-9,12,17H,6,10-11,13-14H2,(H,21,23)(H,22,24). The molecule has 0 radical (unpaired) electrons. The largest absolute Gasteiger partial charge is 0.354 e. The summed E-state index contributed by atoms with van der Waals surface area (Å²) >= 11 is 0. The summed E-state index contributed by atoms with van der Waals surface area (Å²) in [4.78, 5) is 23.9. The molecule has 1 unspecified atom stereocenters. The van der Waals surface area contributed by atoms with Crippen molar-refractivity contribution < 1.29 is 9.59 Å². The van der Waals surface area contributed by atoms with Crippen molar-refractivity contribution in [2.45, 2.75) is 25.2 Å². The number of benzene rings is 2. The lowest BCUT2D eigenvalue weighted by molar-refractivity contribution is -0.120. The Bertz CT molecular complexity index is 713. The summed E-state index contributed by atoms with van der Waals surface area (Å²) in [5.41, 5.74) is 3.30. The minimum absolute atomic E-state index is 0.00208. The highest BCUT2D eigenvalue weighted by molar-refractivity contribution is 5.96. The summed E-state index contributed by atoms with van der Waals surface area (Å²) in [5, 5.41) is 5.60. The Hall–Kier alpha value is -2.62. The zero-order valence-corrected chi connectivity index (χ0v) is 13.6. The molecule has 1 atom stereocenters. The van der Waals surface area contributed by atoms with Gasteiger partial charge < -0.3 is 10.6 Å². The number of aryl methyl sites for hydroxylation is 1. The zero-order valence-electron chi connectivity index (χ0n) is 13.6. The van der Waals surface area contributed by atoms with Gasteiger partial charge in [0.1, 0.15) is 0 Å². The van der Waals surface area contributed by atoms with E-state index < -0.39 is 0 Å². The Morgan fingerprint density at radius 3 is 2.54 bits per heavy atom. The van der Waals surface area contributed by atoms with Gasteiger partial charge in [-0.05, 0) is 42.5 Å². The monoisotopic (exact) mass is 322 g/mol. The lowest BCUT2D eigenvalue weighted by atomic mass is 9.83. The SMILES string of the molecule is O=C(CNC(=O)c1ccccc1)NCC1CCCc2ccccc21. The predicted molar refractivity (Wildman–Crippen MR) is 93.9 cm³/mol. The lowest BCUT2D eigenvalue weighted by Gasteiger charge is -2.25. The molecule has 0 saturated carbocycles. The van der Waals surface area contributed by atoms with Gasteiger partial charge in [0, 0.05) is 18.0 Å². The highest BCUT2D eigenvalue weighted by atomic mass is 16.2. The molecule has 0 fully saturated rings. The average Bonchev–Trinajstić information content (AvgIpc) is 2.65. The van der Waals surface area contributed by atoms with Crippen LogP contribution in [-0.2, 0) is 11.2 Å². The Balaban J connectivity index is 1.47. The van der Waals surface area contributed by atoms with E-state index in [1.54, 1.807) is 24.3 Å². The Morgan fingerprint density at radius 1 is 0.958 bits per heavy atom. The van der Waals surface area contributed by atoms with Crippen molar-refractivity contribution in [2.24, 2.45) is 0 Å². The second-order valence-corrected chi connectivity index (χ2v) is 6.14. The number of hydrogen-bond acceptors (Lipinski definition) is 2. The van der Waals surface area contributed by atoms with Crippen LogP contribution in [0.1, 0.15) is 40.2 Å². The first kappa shape index (κ1) is 16.2. The third-order valence-corrected chi connectivity index (χ3v) is 4.48. The van der Waals surface area contributed by atoms with E-state index in [4.69, 9.17) is 0 Å². The van der Waals surface area contributed by atoms with Crippen LogP contribution in [0.25, 0.3) is 0 Å². The molecule has 124 valence electrons. The molecule has 24 heavy (non-hydrogen) atoms. The number of hydrogen-bond donors (Lipinski definition) is 2. The van der Waals surface area contributed by atoms with Crippen molar-refractivity contribution in [3.05, 3.63) is 71.3 Å². The summed E-state index contributed by atoms with van der Waals surface area (Å²) in [7, 11) is 0. The number of carbonyl (C=O) groups excluding carboxylic acids is 2. The molecular formula is C20H22N2O2. The van der Waals surface area contributed by atoms with E-state index in [2.05, 4.69) is 34.9 Å². The van der Waals surface area contributed by atoms with Gasteiger partial charge >= 0.3 is 0 Å². The van der Waals surface area contributed by atoms with E-state index in [-0.39, 0.29) is 18.4 Å². The van der Waals surface area contributed by atoms with Crippen LogP contribution in [0.15, 0.2) is 54.6 Å². The molecule has 0 bridgehead atoms. The fourth-order valence-electron chi connectivity index (χ4n) is 3.22. The van der Waals surface area contributed by atoms with Crippen LogP contribution in [0.5, 0.6) is 0 Å². The van der Waals surface area contributed by atoms with Crippen LogP contribution in [0.4, 0.5) is 0 Å². The predicted octanol–water partition coefficient (Wildman–Crippen LogP) is 2.65. The summed E-state index contributed by atoms with van der Waals surface area (Å²) < 4.78 is 0. The van der Waals surface area contributed by atoms with Crippen LogP contribution < -0.4 is 10.6 Å². The van der Waals surface area contributed by atoms with Gasteiger partial charge in [-0.3, -0.25) is 9.59 Å². The number of carbonyl (C=O) groups is 2. The number of fused-ring (bicyclic) bond motifs is 1. The van der Waals surface area contributed by atoms with Crippen LogP contribution in [0.2, 0.25) is 0 Å². The molecule has 2 N–H and O–H groups in total. The summed E-state index contributed by atoms with van der Waals surface area (Å²) in [6.07, 6.45) is 3.36. The van der Waals surface area contributed by atoms with E-state index in [1.165, 1.54) is 11.1 Å². The molecule has 3 rings (SSSR count). The topological polar surface area (TPSA) is 58.2 Å². The first-order chi connectivity index (χ1) is 11.7. The van der Waals surface area contributed by atoms with E-state index in [9.17, 15) is 9.59 Å². The first-order valence-corrected chi connectivity index (χ1v) is 8.42. The van der Waals surface area contributed by atoms with E-state index in [0.717, 1.165) is 19.3 Å². The highest BCUT2D eigenvalue weighted by Crippen LogP contribution is 2.30. The van der Waals surface area contributed by atoms with E-state index in [1.807, 2.05) is 6.07 Å². The summed E-state index contributed by atoms with van der Waals surface area (Å²) in [6.45, 7) is 0.624. The average molecular weight is 322 g/mol. The maximum absolute atomic E-state index is 12.0. The zero-order chi connectivity index (χ0) is 16.8. The minimum atomic E-state index is -0.228. The van der Waals surface area contributed by atoms with Gasteiger partial charge in [-0.2, -0.15) is 0 Å². The fourth-order valence-corrected chi connectivity index (χ4v) is 3.22. The number of amides is 2. The van der Waals surface area contributed by atoms with Crippen molar-refractivity contribution in [3.63, 3.8) is 0 Å². The van der Waals surface area contributed by atoms with Gasteiger partial charge in [0.25, 0.3) is 5.91 Å². The van der Waals surface area contributed by atoms with Crippen molar-refractivity contribution in [2.75, 3.05) is 13.1 Å². The van der Waals surface area contributed by atoms with E-state index in [0.29, 0.717) is 18.0 Å². The molecule has 0 saturated heterocycles. The van der Waals surface area contributed by atoms with Crippen LogP contribution >= 0.6 is 0 Å². The summed E-state index contributed by atoms with van der Waals surface area (Å²) in [5.74, 6) is -0.0141.